The number of carbonyl (C=O) groups is 1. The zero-order valence-corrected chi connectivity index (χ0v) is 11.3. The highest BCUT2D eigenvalue weighted by atomic mass is 19.1. The molecule has 0 spiro atoms. The van der Waals surface area contributed by atoms with Gasteiger partial charge in [0.25, 0.3) is 5.91 Å². The summed E-state index contributed by atoms with van der Waals surface area (Å²) in [7, 11) is 0. The SMILES string of the molecule is C#CC(=O)NCC(O)(Cn1cncn1)c1ccc(F)cc1F. The van der Waals surface area contributed by atoms with E-state index in [1.165, 1.54) is 17.3 Å². The molecule has 2 aromatic rings. The van der Waals surface area contributed by atoms with E-state index in [-0.39, 0.29) is 18.7 Å². The number of terminal acetylenes is 1. The second-order valence-corrected chi connectivity index (χ2v) is 4.58. The highest BCUT2D eigenvalue weighted by Gasteiger charge is 2.33. The van der Waals surface area contributed by atoms with Gasteiger partial charge < -0.3 is 10.4 Å². The van der Waals surface area contributed by atoms with Crippen molar-refractivity contribution in [3.05, 3.63) is 48.1 Å². The molecule has 0 fully saturated rings. The number of hydrogen-bond acceptors (Lipinski definition) is 4. The number of halogens is 2. The molecular formula is C14H12F2N4O2. The predicted octanol–water partition coefficient (Wildman–Crippen LogP) is 0.194. The van der Waals surface area contributed by atoms with Gasteiger partial charge in [0, 0.05) is 11.6 Å². The quantitative estimate of drug-likeness (QED) is 0.773. The Kier molecular flexibility index (Phi) is 4.48. The molecule has 0 radical (unpaired) electrons. The van der Waals surface area contributed by atoms with Crippen LogP contribution in [0.2, 0.25) is 0 Å². The lowest BCUT2D eigenvalue weighted by molar-refractivity contribution is -0.117. The molecule has 0 saturated carbocycles. The lowest BCUT2D eigenvalue weighted by atomic mass is 9.93. The number of benzene rings is 1. The average molecular weight is 306 g/mol. The van der Waals surface area contributed by atoms with Crippen LogP contribution in [0.4, 0.5) is 8.78 Å². The molecule has 0 aliphatic carbocycles. The van der Waals surface area contributed by atoms with Gasteiger partial charge >= 0.3 is 0 Å². The fraction of sp³-hybridized carbons (Fsp3) is 0.214. The first-order valence-corrected chi connectivity index (χ1v) is 6.19. The lowest BCUT2D eigenvalue weighted by Gasteiger charge is -2.28. The second kappa shape index (κ2) is 6.32. The Morgan fingerprint density at radius 3 is 2.86 bits per heavy atom. The molecule has 0 bridgehead atoms. The molecule has 8 heteroatoms. The first-order chi connectivity index (χ1) is 10.4. The predicted molar refractivity (Wildman–Crippen MR) is 72.1 cm³/mol. The first-order valence-electron chi connectivity index (χ1n) is 6.19. The highest BCUT2D eigenvalue weighted by Crippen LogP contribution is 2.26. The van der Waals surface area contributed by atoms with Gasteiger partial charge in [-0.05, 0) is 12.0 Å². The van der Waals surface area contributed by atoms with Gasteiger partial charge in [0.15, 0.2) is 0 Å². The van der Waals surface area contributed by atoms with Crippen molar-refractivity contribution < 1.29 is 18.7 Å². The van der Waals surface area contributed by atoms with E-state index in [0.717, 1.165) is 12.1 Å². The van der Waals surface area contributed by atoms with Crippen LogP contribution in [0.15, 0.2) is 30.9 Å². The standard InChI is InChI=1S/C14H12F2N4O2/c1-2-13(21)18-6-14(22,7-20-9-17-8-19-20)11-4-3-10(15)5-12(11)16/h1,3-5,8-9,22H,6-7H2,(H,18,21). The normalized spacial score (nSPS) is 13.2. The van der Waals surface area contributed by atoms with Crippen molar-refractivity contribution in [3.63, 3.8) is 0 Å². The summed E-state index contributed by atoms with van der Waals surface area (Å²) in [6.07, 6.45) is 7.48. The fourth-order valence-electron chi connectivity index (χ4n) is 1.96. The maximum absolute atomic E-state index is 14.0. The van der Waals surface area contributed by atoms with Crippen LogP contribution >= 0.6 is 0 Å². The van der Waals surface area contributed by atoms with Crippen molar-refractivity contribution in [2.45, 2.75) is 12.1 Å². The highest BCUT2D eigenvalue weighted by molar-refractivity contribution is 5.92. The molecule has 2 rings (SSSR count). The topological polar surface area (TPSA) is 80.0 Å². The molecule has 1 heterocycles. The van der Waals surface area contributed by atoms with Crippen molar-refractivity contribution >= 4 is 5.91 Å². The van der Waals surface area contributed by atoms with Crippen molar-refractivity contribution in [3.8, 4) is 12.3 Å². The van der Waals surface area contributed by atoms with Crippen LogP contribution in [0.3, 0.4) is 0 Å². The van der Waals surface area contributed by atoms with Crippen molar-refractivity contribution in [1.29, 1.82) is 0 Å². The monoisotopic (exact) mass is 306 g/mol. The van der Waals surface area contributed by atoms with E-state index in [1.807, 2.05) is 5.92 Å². The van der Waals surface area contributed by atoms with Gasteiger partial charge in [-0.2, -0.15) is 5.10 Å². The number of aromatic nitrogens is 3. The summed E-state index contributed by atoms with van der Waals surface area (Å²) in [5, 5.41) is 16.8. The molecule has 22 heavy (non-hydrogen) atoms. The number of hydrogen-bond donors (Lipinski definition) is 2. The van der Waals surface area contributed by atoms with Gasteiger partial charge in [-0.1, -0.05) is 6.07 Å². The zero-order chi connectivity index (χ0) is 16.2. The van der Waals surface area contributed by atoms with Gasteiger partial charge in [0.05, 0.1) is 13.1 Å². The van der Waals surface area contributed by atoms with Crippen LogP contribution in [0.1, 0.15) is 5.56 Å². The Bertz CT molecular complexity index is 712. The molecule has 0 saturated heterocycles. The summed E-state index contributed by atoms with van der Waals surface area (Å²) in [6, 6.07) is 2.75. The Morgan fingerprint density at radius 2 is 2.27 bits per heavy atom. The van der Waals surface area contributed by atoms with E-state index in [1.54, 1.807) is 0 Å². The molecule has 0 aliphatic heterocycles. The molecule has 1 amide bonds. The second-order valence-electron chi connectivity index (χ2n) is 4.58. The van der Waals surface area contributed by atoms with Gasteiger partial charge in [-0.15, -0.1) is 6.42 Å². The third kappa shape index (κ3) is 3.45. The smallest absolute Gasteiger partial charge is 0.295 e. The van der Waals surface area contributed by atoms with Crippen LogP contribution in [-0.2, 0) is 16.9 Å². The molecular weight excluding hydrogens is 294 g/mol. The molecule has 1 aromatic heterocycles. The average Bonchev–Trinajstić information content (AvgIpc) is 2.97. The van der Waals surface area contributed by atoms with E-state index in [2.05, 4.69) is 15.4 Å². The maximum atomic E-state index is 14.0. The third-order valence-electron chi connectivity index (χ3n) is 3.00. The van der Waals surface area contributed by atoms with Gasteiger partial charge in [0.2, 0.25) is 0 Å². The number of nitrogens with zero attached hydrogens (tertiary/aromatic N) is 3. The van der Waals surface area contributed by atoms with Gasteiger partial charge in [0.1, 0.15) is 29.9 Å². The fourth-order valence-corrected chi connectivity index (χ4v) is 1.96. The first kappa shape index (κ1) is 15.6. The summed E-state index contributed by atoms with van der Waals surface area (Å²) in [5.74, 6) is -0.670. The van der Waals surface area contributed by atoms with Crippen LogP contribution in [0.5, 0.6) is 0 Å². The van der Waals surface area contributed by atoms with Gasteiger partial charge in [-0.25, -0.2) is 18.4 Å². The zero-order valence-electron chi connectivity index (χ0n) is 11.3. The molecule has 1 unspecified atom stereocenters. The van der Waals surface area contributed by atoms with Crippen molar-refractivity contribution in [1.82, 2.24) is 20.1 Å². The number of carbonyl (C=O) groups excluding carboxylic acids is 1. The molecule has 6 nitrogen and oxygen atoms in total. The molecule has 1 aromatic carbocycles. The van der Waals surface area contributed by atoms with Crippen molar-refractivity contribution in [2.24, 2.45) is 0 Å². The Balaban J connectivity index is 2.35. The van der Waals surface area contributed by atoms with Crippen LogP contribution < -0.4 is 5.32 Å². The van der Waals surface area contributed by atoms with Crippen LogP contribution in [0, 0.1) is 24.0 Å². The largest absolute Gasteiger partial charge is 0.381 e. The number of rotatable bonds is 5. The summed E-state index contributed by atoms with van der Waals surface area (Å²) >= 11 is 0. The Hall–Kier alpha value is -2.79. The number of nitrogens with one attached hydrogen (secondary N) is 1. The van der Waals surface area contributed by atoms with E-state index in [0.29, 0.717) is 6.07 Å². The number of amides is 1. The number of aliphatic hydroxyl groups is 1. The van der Waals surface area contributed by atoms with E-state index < -0.39 is 23.1 Å². The Morgan fingerprint density at radius 1 is 1.50 bits per heavy atom. The maximum Gasteiger partial charge on any atom is 0.295 e. The summed E-state index contributed by atoms with van der Waals surface area (Å²) < 4.78 is 28.3. The molecule has 0 aliphatic rings. The van der Waals surface area contributed by atoms with E-state index in [4.69, 9.17) is 6.42 Å². The third-order valence-corrected chi connectivity index (χ3v) is 3.00. The van der Waals surface area contributed by atoms with E-state index >= 15 is 0 Å². The van der Waals surface area contributed by atoms with Crippen LogP contribution in [-0.4, -0.2) is 32.3 Å². The molecule has 114 valence electrons. The van der Waals surface area contributed by atoms with Crippen LogP contribution in [0.25, 0.3) is 0 Å². The van der Waals surface area contributed by atoms with Crippen molar-refractivity contribution in [2.75, 3.05) is 6.54 Å². The minimum absolute atomic E-state index is 0.193. The minimum atomic E-state index is -1.88. The summed E-state index contributed by atoms with van der Waals surface area (Å²) in [5.41, 5.74) is -2.07. The minimum Gasteiger partial charge on any atom is -0.381 e. The summed E-state index contributed by atoms with van der Waals surface area (Å²) in [6.45, 7) is -0.584. The molecule has 1 atom stereocenters. The summed E-state index contributed by atoms with van der Waals surface area (Å²) in [4.78, 5) is 14.9. The molecule has 2 N–H and O–H groups in total. The Labute approximate surface area is 124 Å². The van der Waals surface area contributed by atoms with Gasteiger partial charge in [-0.3, -0.25) is 4.79 Å². The lowest BCUT2D eigenvalue weighted by Crippen LogP contribution is -2.44. The van der Waals surface area contributed by atoms with E-state index in [9.17, 15) is 18.7 Å².